The second-order valence-electron chi connectivity index (χ2n) is 10.9. The maximum absolute atomic E-state index is 11.9. The number of carbonyl (C=O) groups is 4. The van der Waals surface area contributed by atoms with Crippen molar-refractivity contribution >= 4 is 23.9 Å². The second-order valence-corrected chi connectivity index (χ2v) is 10.9. The minimum absolute atomic E-state index is 0.0263. The van der Waals surface area contributed by atoms with E-state index in [0.717, 1.165) is 19.3 Å². The first-order valence-electron chi connectivity index (χ1n) is 11.7. The van der Waals surface area contributed by atoms with E-state index in [-0.39, 0.29) is 24.4 Å². The van der Waals surface area contributed by atoms with E-state index in [1.54, 1.807) is 41.5 Å². The Hall–Kier alpha value is -2.36. The number of nitrogens with two attached hydrogens (primary N) is 2. The van der Waals surface area contributed by atoms with Gasteiger partial charge in [-0.25, -0.2) is 9.59 Å². The summed E-state index contributed by atoms with van der Waals surface area (Å²) in [6, 6.07) is -1.83. The monoisotopic (exact) mass is 489 g/mol. The molecule has 0 aliphatic rings. The first-order chi connectivity index (χ1) is 15.3. The van der Waals surface area contributed by atoms with Gasteiger partial charge in [0, 0.05) is 12.8 Å². The molecule has 0 aliphatic carbocycles. The third-order valence-electron chi connectivity index (χ3n) is 3.57. The number of nitrogens with one attached hydrogen (secondary N) is 1. The average molecular weight is 490 g/mol. The van der Waals surface area contributed by atoms with Crippen molar-refractivity contribution < 1.29 is 33.4 Å². The number of amides is 2. The Labute approximate surface area is 204 Å². The van der Waals surface area contributed by atoms with Gasteiger partial charge >= 0.3 is 23.9 Å². The fourth-order valence-corrected chi connectivity index (χ4v) is 2.43. The highest BCUT2D eigenvalue weighted by atomic mass is 16.6. The van der Waals surface area contributed by atoms with E-state index in [2.05, 4.69) is 5.32 Å². The van der Waals surface area contributed by atoms with Gasteiger partial charge in [-0.2, -0.15) is 0 Å². The van der Waals surface area contributed by atoms with Crippen molar-refractivity contribution in [3.8, 4) is 0 Å². The molecular weight excluding hydrogens is 442 g/mol. The predicted molar refractivity (Wildman–Crippen MR) is 131 cm³/mol. The molecule has 0 heterocycles. The highest BCUT2D eigenvalue weighted by Gasteiger charge is 2.27. The van der Waals surface area contributed by atoms with E-state index in [0.29, 0.717) is 13.0 Å². The SMILES string of the molecule is CC(C)(C)OC(=O)CCC(NC(N)=O)C(=O)OC(C)(C)C.CC(C)(C)OC(=O)CCCCCN. The molecule has 10 nitrogen and oxygen atoms in total. The molecule has 0 aliphatic heterocycles. The van der Waals surface area contributed by atoms with Gasteiger partial charge in [-0.05, 0) is 88.1 Å². The molecule has 1 unspecified atom stereocenters. The maximum atomic E-state index is 11.9. The molecule has 200 valence electrons. The Bertz CT molecular complexity index is 644. The molecule has 0 bridgehead atoms. The van der Waals surface area contributed by atoms with Crippen LogP contribution in [0.1, 0.15) is 101 Å². The fourth-order valence-electron chi connectivity index (χ4n) is 2.43. The van der Waals surface area contributed by atoms with Crippen LogP contribution in [0.3, 0.4) is 0 Å². The van der Waals surface area contributed by atoms with Crippen LogP contribution in [0.25, 0.3) is 0 Å². The van der Waals surface area contributed by atoms with E-state index < -0.39 is 35.2 Å². The van der Waals surface area contributed by atoms with Crippen molar-refractivity contribution in [2.24, 2.45) is 11.5 Å². The lowest BCUT2D eigenvalue weighted by molar-refractivity contribution is -0.159. The lowest BCUT2D eigenvalue weighted by Crippen LogP contribution is -2.46. The quantitative estimate of drug-likeness (QED) is 0.239. The molecular formula is C24H47N3O7. The van der Waals surface area contributed by atoms with E-state index in [9.17, 15) is 19.2 Å². The van der Waals surface area contributed by atoms with Gasteiger partial charge in [0.25, 0.3) is 0 Å². The summed E-state index contributed by atoms with van der Waals surface area (Å²) in [6.45, 7) is 16.7. The minimum Gasteiger partial charge on any atom is -0.460 e. The summed E-state index contributed by atoms with van der Waals surface area (Å²) in [6.07, 6.45) is 3.43. The minimum atomic E-state index is -0.978. The number of hydrogen-bond acceptors (Lipinski definition) is 8. The summed E-state index contributed by atoms with van der Waals surface area (Å²) in [4.78, 5) is 45.7. The van der Waals surface area contributed by atoms with E-state index in [1.807, 2.05) is 20.8 Å². The molecule has 0 aromatic carbocycles. The first kappa shape index (κ1) is 33.8. The van der Waals surface area contributed by atoms with Crippen molar-refractivity contribution in [3.05, 3.63) is 0 Å². The summed E-state index contributed by atoms with van der Waals surface area (Å²) < 4.78 is 15.5. The van der Waals surface area contributed by atoms with E-state index in [4.69, 9.17) is 25.7 Å². The predicted octanol–water partition coefficient (Wildman–Crippen LogP) is 3.33. The molecule has 0 fully saturated rings. The van der Waals surface area contributed by atoms with Crippen LogP contribution in [0.5, 0.6) is 0 Å². The highest BCUT2D eigenvalue weighted by Crippen LogP contribution is 2.13. The molecule has 0 aromatic rings. The van der Waals surface area contributed by atoms with Crippen LogP contribution in [-0.2, 0) is 28.6 Å². The van der Waals surface area contributed by atoms with Crippen molar-refractivity contribution in [2.45, 2.75) is 124 Å². The van der Waals surface area contributed by atoms with Crippen LogP contribution in [0, 0.1) is 0 Å². The second kappa shape index (κ2) is 15.5. The standard InChI is InChI=1S/C14H26N2O5.C10H21NO2/c1-13(2,3)20-10(17)8-7-9(16-12(15)19)11(18)21-14(4,5)6;1-10(2,3)13-9(12)7-5-4-6-8-11/h9H,7-8H2,1-6H3,(H3,15,16,19);4-8,11H2,1-3H3. The fraction of sp³-hybridized carbons (Fsp3) is 0.833. The maximum Gasteiger partial charge on any atom is 0.329 e. The average Bonchev–Trinajstić information content (AvgIpc) is 2.58. The number of carbonyl (C=O) groups excluding carboxylic acids is 4. The number of esters is 3. The number of ether oxygens (including phenoxy) is 3. The van der Waals surface area contributed by atoms with E-state index >= 15 is 0 Å². The number of rotatable bonds is 10. The molecule has 2 amide bonds. The summed E-state index contributed by atoms with van der Waals surface area (Å²) >= 11 is 0. The molecule has 34 heavy (non-hydrogen) atoms. The van der Waals surface area contributed by atoms with Crippen LogP contribution in [0.4, 0.5) is 4.79 Å². The van der Waals surface area contributed by atoms with Crippen molar-refractivity contribution in [1.82, 2.24) is 5.32 Å². The Kier molecular flexibility index (Phi) is 15.4. The lowest BCUT2D eigenvalue weighted by atomic mass is 10.1. The Balaban J connectivity index is 0. The third kappa shape index (κ3) is 24.3. The van der Waals surface area contributed by atoms with Gasteiger partial charge in [0.1, 0.15) is 22.8 Å². The van der Waals surface area contributed by atoms with Crippen LogP contribution in [0.2, 0.25) is 0 Å². The van der Waals surface area contributed by atoms with Gasteiger partial charge < -0.3 is 31.0 Å². The molecule has 1 atom stereocenters. The number of unbranched alkanes of at least 4 members (excludes halogenated alkanes) is 2. The smallest absolute Gasteiger partial charge is 0.329 e. The number of hydrogen-bond donors (Lipinski definition) is 3. The summed E-state index contributed by atoms with van der Waals surface area (Å²) in [7, 11) is 0. The highest BCUT2D eigenvalue weighted by molar-refractivity contribution is 5.83. The molecule has 5 N–H and O–H groups in total. The van der Waals surface area contributed by atoms with E-state index in [1.165, 1.54) is 0 Å². The van der Waals surface area contributed by atoms with Crippen LogP contribution < -0.4 is 16.8 Å². The Morgan fingerprint density at radius 1 is 0.706 bits per heavy atom. The van der Waals surface area contributed by atoms with Crippen molar-refractivity contribution in [3.63, 3.8) is 0 Å². The van der Waals surface area contributed by atoms with Crippen LogP contribution in [-0.4, -0.2) is 53.3 Å². The number of urea groups is 1. The first-order valence-corrected chi connectivity index (χ1v) is 11.7. The van der Waals surface area contributed by atoms with Crippen molar-refractivity contribution in [2.75, 3.05) is 6.54 Å². The summed E-state index contributed by atoms with van der Waals surface area (Å²) in [5, 5.41) is 2.28. The third-order valence-corrected chi connectivity index (χ3v) is 3.57. The molecule has 0 rings (SSSR count). The normalized spacial score (nSPS) is 12.5. The topological polar surface area (TPSA) is 160 Å². The zero-order chi connectivity index (χ0) is 27.2. The zero-order valence-corrected chi connectivity index (χ0v) is 22.5. The van der Waals surface area contributed by atoms with Gasteiger partial charge in [-0.15, -0.1) is 0 Å². The largest absolute Gasteiger partial charge is 0.460 e. The Morgan fingerprint density at radius 2 is 1.15 bits per heavy atom. The zero-order valence-electron chi connectivity index (χ0n) is 22.5. The van der Waals surface area contributed by atoms with Crippen molar-refractivity contribution in [1.29, 1.82) is 0 Å². The molecule has 0 aromatic heterocycles. The van der Waals surface area contributed by atoms with Gasteiger partial charge in [0.05, 0.1) is 0 Å². The van der Waals surface area contributed by atoms with Gasteiger partial charge in [0.15, 0.2) is 0 Å². The molecule has 0 spiro atoms. The molecule has 0 saturated carbocycles. The van der Waals surface area contributed by atoms with Gasteiger partial charge in [-0.3, -0.25) is 9.59 Å². The summed E-state index contributed by atoms with van der Waals surface area (Å²) in [5.41, 5.74) is 8.71. The number of primary amides is 1. The van der Waals surface area contributed by atoms with Gasteiger partial charge in [0.2, 0.25) is 0 Å². The Morgan fingerprint density at radius 3 is 1.53 bits per heavy atom. The summed E-state index contributed by atoms with van der Waals surface area (Å²) in [5.74, 6) is -1.20. The molecule has 10 heteroatoms. The molecule has 0 saturated heterocycles. The van der Waals surface area contributed by atoms with Crippen LogP contribution in [0.15, 0.2) is 0 Å². The van der Waals surface area contributed by atoms with Gasteiger partial charge in [-0.1, -0.05) is 6.42 Å². The molecule has 0 radical (unpaired) electrons. The lowest BCUT2D eigenvalue weighted by Gasteiger charge is -2.24. The van der Waals surface area contributed by atoms with Crippen LogP contribution >= 0.6 is 0 Å².